The number of hydrogen-bond acceptors (Lipinski definition) is 4. The lowest BCUT2D eigenvalue weighted by Crippen LogP contribution is -2.31. The van der Waals surface area contributed by atoms with Crippen LogP contribution in [0, 0.1) is 5.82 Å². The van der Waals surface area contributed by atoms with Crippen molar-refractivity contribution in [3.8, 4) is 0 Å². The molecule has 2 rings (SSSR count). The molecule has 0 aromatic carbocycles. The zero-order valence-electron chi connectivity index (χ0n) is 11.7. The second-order valence-electron chi connectivity index (χ2n) is 4.81. The van der Waals surface area contributed by atoms with Gasteiger partial charge in [0.05, 0.1) is 6.61 Å². The molecule has 0 spiro atoms. The number of anilines is 1. The highest BCUT2D eigenvalue weighted by Crippen LogP contribution is 2.32. The fourth-order valence-electron chi connectivity index (χ4n) is 2.10. The molecule has 19 heavy (non-hydrogen) atoms. The quantitative estimate of drug-likeness (QED) is 0.781. The van der Waals surface area contributed by atoms with Crippen LogP contribution < -0.4 is 10.2 Å². The first-order valence-electron chi connectivity index (χ1n) is 6.87. The monoisotopic (exact) mass is 267 g/mol. The number of ether oxygens (including phenoxy) is 1. The fraction of sp³-hybridized carbons (Fsp3) is 0.643. The molecule has 0 radical (unpaired) electrons. The Morgan fingerprint density at radius 2 is 2.32 bits per heavy atom. The van der Waals surface area contributed by atoms with Gasteiger partial charge in [0.2, 0.25) is 0 Å². The van der Waals surface area contributed by atoms with Crippen LogP contribution >= 0.6 is 0 Å². The van der Waals surface area contributed by atoms with Crippen molar-refractivity contribution in [3.63, 3.8) is 0 Å². The summed E-state index contributed by atoms with van der Waals surface area (Å²) in [5, 5.41) is 3.15. The Bertz CT molecular complexity index is 410. The Morgan fingerprint density at radius 3 is 2.95 bits per heavy atom. The summed E-state index contributed by atoms with van der Waals surface area (Å²) in [6, 6.07) is 2.16. The van der Waals surface area contributed by atoms with Gasteiger partial charge in [-0.25, -0.2) is 9.37 Å². The maximum atomic E-state index is 14.5. The van der Waals surface area contributed by atoms with Crippen LogP contribution in [0.15, 0.2) is 12.3 Å². The number of methoxy groups -OCH3 is 1. The van der Waals surface area contributed by atoms with Crippen LogP contribution in [0.1, 0.15) is 25.3 Å². The van der Waals surface area contributed by atoms with Crippen LogP contribution in [0.4, 0.5) is 10.2 Å². The molecule has 4 nitrogen and oxygen atoms in total. The van der Waals surface area contributed by atoms with Crippen molar-refractivity contribution in [2.24, 2.45) is 0 Å². The predicted octanol–water partition coefficient (Wildman–Crippen LogP) is 1.95. The molecule has 0 atom stereocenters. The summed E-state index contributed by atoms with van der Waals surface area (Å²) in [6.07, 6.45) is 3.91. The van der Waals surface area contributed by atoms with Gasteiger partial charge in [-0.05, 0) is 25.5 Å². The van der Waals surface area contributed by atoms with Crippen molar-refractivity contribution in [2.45, 2.75) is 32.4 Å². The third kappa shape index (κ3) is 3.64. The maximum absolute atomic E-state index is 14.5. The lowest BCUT2D eigenvalue weighted by molar-refractivity contribution is 0.204. The van der Waals surface area contributed by atoms with Gasteiger partial charge < -0.3 is 15.0 Å². The minimum Gasteiger partial charge on any atom is -0.383 e. The topological polar surface area (TPSA) is 37.4 Å². The lowest BCUT2D eigenvalue weighted by Gasteiger charge is -2.24. The number of aromatic nitrogens is 1. The van der Waals surface area contributed by atoms with Gasteiger partial charge >= 0.3 is 0 Å². The molecule has 1 aliphatic rings. The molecule has 1 aromatic rings. The molecule has 5 heteroatoms. The molecule has 0 unspecified atom stereocenters. The summed E-state index contributed by atoms with van der Waals surface area (Å²) in [4.78, 5) is 6.27. The van der Waals surface area contributed by atoms with Crippen molar-refractivity contribution in [1.82, 2.24) is 10.3 Å². The molecule has 0 aliphatic heterocycles. The highest BCUT2D eigenvalue weighted by Gasteiger charge is 2.31. The number of rotatable bonds is 8. The van der Waals surface area contributed by atoms with Gasteiger partial charge in [-0.2, -0.15) is 0 Å². The maximum Gasteiger partial charge on any atom is 0.170 e. The van der Waals surface area contributed by atoms with E-state index in [4.69, 9.17) is 4.74 Å². The first kappa shape index (κ1) is 14.2. The van der Waals surface area contributed by atoms with Crippen LogP contribution in [0.2, 0.25) is 0 Å². The Morgan fingerprint density at radius 1 is 1.53 bits per heavy atom. The minimum absolute atomic E-state index is 0.202. The average molecular weight is 267 g/mol. The minimum atomic E-state index is -0.202. The van der Waals surface area contributed by atoms with E-state index in [0.29, 0.717) is 37.1 Å². The van der Waals surface area contributed by atoms with Gasteiger partial charge in [-0.15, -0.1) is 0 Å². The van der Waals surface area contributed by atoms with Gasteiger partial charge in [0, 0.05) is 38.0 Å². The largest absolute Gasteiger partial charge is 0.383 e. The van der Waals surface area contributed by atoms with Crippen LogP contribution in [-0.2, 0) is 11.3 Å². The molecule has 1 heterocycles. The van der Waals surface area contributed by atoms with Gasteiger partial charge in [-0.3, -0.25) is 0 Å². The summed E-state index contributed by atoms with van der Waals surface area (Å²) < 4.78 is 19.6. The van der Waals surface area contributed by atoms with E-state index in [1.807, 2.05) is 11.8 Å². The van der Waals surface area contributed by atoms with Crippen LogP contribution in [0.5, 0.6) is 0 Å². The number of nitrogens with one attached hydrogen (secondary N) is 1. The molecule has 1 fully saturated rings. The van der Waals surface area contributed by atoms with Crippen LogP contribution in [0.3, 0.4) is 0 Å². The zero-order chi connectivity index (χ0) is 13.7. The van der Waals surface area contributed by atoms with Gasteiger partial charge in [0.1, 0.15) is 0 Å². The van der Waals surface area contributed by atoms with E-state index < -0.39 is 0 Å². The third-order valence-electron chi connectivity index (χ3n) is 3.31. The molecule has 0 bridgehead atoms. The van der Waals surface area contributed by atoms with Crippen molar-refractivity contribution in [2.75, 3.05) is 31.7 Å². The molecule has 0 saturated heterocycles. The van der Waals surface area contributed by atoms with Gasteiger partial charge in [0.25, 0.3) is 0 Å². The highest BCUT2D eigenvalue weighted by atomic mass is 19.1. The van der Waals surface area contributed by atoms with Gasteiger partial charge in [0.15, 0.2) is 11.6 Å². The van der Waals surface area contributed by atoms with Crippen LogP contribution in [-0.4, -0.2) is 37.8 Å². The van der Waals surface area contributed by atoms with Crippen molar-refractivity contribution >= 4 is 5.82 Å². The highest BCUT2D eigenvalue weighted by molar-refractivity contribution is 5.45. The Labute approximate surface area is 114 Å². The molecule has 1 saturated carbocycles. The summed E-state index contributed by atoms with van der Waals surface area (Å²) in [7, 11) is 1.66. The predicted molar refractivity (Wildman–Crippen MR) is 73.8 cm³/mol. The van der Waals surface area contributed by atoms with Crippen molar-refractivity contribution < 1.29 is 9.13 Å². The molecular formula is C14H22FN3O. The third-order valence-corrected chi connectivity index (χ3v) is 3.31. The van der Waals surface area contributed by atoms with Gasteiger partial charge in [-0.1, -0.05) is 6.92 Å². The summed E-state index contributed by atoms with van der Waals surface area (Å²) in [5.74, 6) is 0.265. The SMILES string of the molecule is CCNCc1ccnc(N(CCOC)C2CC2)c1F. The van der Waals surface area contributed by atoms with E-state index >= 15 is 0 Å². The Balaban J connectivity index is 2.16. The van der Waals surface area contributed by atoms with Crippen molar-refractivity contribution in [1.29, 1.82) is 0 Å². The Kier molecular flexibility index (Phi) is 5.10. The molecular weight excluding hydrogens is 245 g/mol. The molecule has 106 valence electrons. The second-order valence-corrected chi connectivity index (χ2v) is 4.81. The number of hydrogen-bond donors (Lipinski definition) is 1. The number of halogens is 1. The zero-order valence-corrected chi connectivity index (χ0v) is 11.7. The smallest absolute Gasteiger partial charge is 0.170 e. The van der Waals surface area contributed by atoms with E-state index in [2.05, 4.69) is 10.3 Å². The number of pyridine rings is 1. The normalized spacial score (nSPS) is 14.7. The molecule has 0 amide bonds. The van der Waals surface area contributed by atoms with E-state index in [9.17, 15) is 4.39 Å². The Hall–Kier alpha value is -1.20. The summed E-state index contributed by atoms with van der Waals surface area (Å²) >= 11 is 0. The van der Waals surface area contributed by atoms with E-state index in [0.717, 1.165) is 19.4 Å². The first-order chi connectivity index (χ1) is 9.27. The van der Waals surface area contributed by atoms with E-state index in [1.165, 1.54) is 0 Å². The molecule has 1 aliphatic carbocycles. The standard InChI is InChI=1S/C14H22FN3O/c1-3-16-10-11-6-7-17-14(13(11)15)18(8-9-19-2)12-4-5-12/h6-7,12,16H,3-5,8-10H2,1-2H3. The summed E-state index contributed by atoms with van der Waals surface area (Å²) in [6.45, 7) is 4.66. The van der Waals surface area contributed by atoms with E-state index in [-0.39, 0.29) is 5.82 Å². The first-order valence-corrected chi connectivity index (χ1v) is 6.87. The second kappa shape index (κ2) is 6.82. The van der Waals surface area contributed by atoms with E-state index in [1.54, 1.807) is 19.4 Å². The fourth-order valence-corrected chi connectivity index (χ4v) is 2.10. The lowest BCUT2D eigenvalue weighted by atomic mass is 10.2. The summed E-state index contributed by atoms with van der Waals surface area (Å²) in [5.41, 5.74) is 0.676. The molecule has 1 N–H and O–H groups in total. The average Bonchev–Trinajstić information content (AvgIpc) is 3.24. The molecule has 1 aromatic heterocycles. The number of nitrogens with zero attached hydrogens (tertiary/aromatic N) is 2. The van der Waals surface area contributed by atoms with Crippen LogP contribution in [0.25, 0.3) is 0 Å². The van der Waals surface area contributed by atoms with Crippen molar-refractivity contribution in [3.05, 3.63) is 23.6 Å².